The van der Waals surface area contributed by atoms with Crippen LogP contribution in [-0.2, 0) is 0 Å². The van der Waals surface area contributed by atoms with Gasteiger partial charge in [0.1, 0.15) is 5.82 Å². The summed E-state index contributed by atoms with van der Waals surface area (Å²) in [4.78, 5) is 0. The Hall–Kier alpha value is -2.09. The number of aryl methyl sites for hydroxylation is 1. The first kappa shape index (κ1) is 10.1. The summed E-state index contributed by atoms with van der Waals surface area (Å²) < 4.78 is 14.3. The zero-order valence-corrected chi connectivity index (χ0v) is 9.50. The number of nitrogens with two attached hydrogens (primary N) is 1. The maximum absolute atomic E-state index is 14.3. The van der Waals surface area contributed by atoms with Crippen LogP contribution in [0.4, 0.5) is 10.1 Å². The predicted molar refractivity (Wildman–Crippen MR) is 70.6 cm³/mol. The minimum atomic E-state index is -0.190. The van der Waals surface area contributed by atoms with Gasteiger partial charge in [0.25, 0.3) is 0 Å². The van der Waals surface area contributed by atoms with E-state index >= 15 is 0 Å². The van der Waals surface area contributed by atoms with Gasteiger partial charge in [0, 0.05) is 27.2 Å². The SMILES string of the molecule is Cc1ccc2c(F)c3ccccc3c(N)c2c1. The van der Waals surface area contributed by atoms with Gasteiger partial charge in [0.05, 0.1) is 0 Å². The Kier molecular flexibility index (Phi) is 2.05. The quantitative estimate of drug-likeness (QED) is 0.454. The zero-order valence-electron chi connectivity index (χ0n) is 9.50. The number of halogens is 1. The van der Waals surface area contributed by atoms with Crippen LogP contribution in [0.1, 0.15) is 5.56 Å². The summed E-state index contributed by atoms with van der Waals surface area (Å²) in [6, 6.07) is 12.9. The number of benzene rings is 3. The number of hydrogen-bond donors (Lipinski definition) is 1. The molecule has 3 aromatic rings. The van der Waals surface area contributed by atoms with Crippen molar-refractivity contribution in [3.63, 3.8) is 0 Å². The van der Waals surface area contributed by atoms with Crippen molar-refractivity contribution in [2.75, 3.05) is 5.73 Å². The van der Waals surface area contributed by atoms with Crippen LogP contribution in [0, 0.1) is 12.7 Å². The fourth-order valence-electron chi connectivity index (χ4n) is 2.27. The third kappa shape index (κ3) is 1.37. The van der Waals surface area contributed by atoms with E-state index in [4.69, 9.17) is 5.73 Å². The van der Waals surface area contributed by atoms with Crippen LogP contribution in [0.2, 0.25) is 0 Å². The molecule has 0 bridgehead atoms. The summed E-state index contributed by atoms with van der Waals surface area (Å²) in [5.74, 6) is -0.190. The van der Waals surface area contributed by atoms with Crippen molar-refractivity contribution in [3.8, 4) is 0 Å². The molecule has 3 aromatic carbocycles. The fraction of sp³-hybridized carbons (Fsp3) is 0.0667. The average molecular weight is 225 g/mol. The van der Waals surface area contributed by atoms with Crippen LogP contribution in [0.25, 0.3) is 21.5 Å². The van der Waals surface area contributed by atoms with Gasteiger partial charge in [-0.1, -0.05) is 42.0 Å². The molecule has 2 N–H and O–H groups in total. The van der Waals surface area contributed by atoms with Crippen molar-refractivity contribution >= 4 is 27.2 Å². The second-order valence-corrected chi connectivity index (χ2v) is 4.32. The zero-order chi connectivity index (χ0) is 12.0. The van der Waals surface area contributed by atoms with E-state index in [0.717, 1.165) is 16.3 Å². The third-order valence-corrected chi connectivity index (χ3v) is 3.16. The third-order valence-electron chi connectivity index (χ3n) is 3.16. The van der Waals surface area contributed by atoms with Crippen molar-refractivity contribution in [2.24, 2.45) is 0 Å². The van der Waals surface area contributed by atoms with E-state index in [1.807, 2.05) is 37.3 Å². The molecule has 0 fully saturated rings. The molecule has 0 saturated carbocycles. The lowest BCUT2D eigenvalue weighted by Crippen LogP contribution is -1.93. The van der Waals surface area contributed by atoms with Crippen LogP contribution >= 0.6 is 0 Å². The molecular weight excluding hydrogens is 213 g/mol. The maximum atomic E-state index is 14.3. The van der Waals surface area contributed by atoms with Crippen molar-refractivity contribution in [2.45, 2.75) is 6.92 Å². The molecule has 0 aromatic heterocycles. The Balaban J connectivity index is 2.63. The molecule has 0 heterocycles. The largest absolute Gasteiger partial charge is 0.398 e. The van der Waals surface area contributed by atoms with Crippen molar-refractivity contribution in [3.05, 3.63) is 53.8 Å². The Labute approximate surface area is 98.7 Å². The summed E-state index contributed by atoms with van der Waals surface area (Å²) in [7, 11) is 0. The van der Waals surface area contributed by atoms with Crippen LogP contribution in [0.5, 0.6) is 0 Å². The van der Waals surface area contributed by atoms with Crippen LogP contribution in [-0.4, -0.2) is 0 Å². The Morgan fingerprint density at radius 3 is 2.29 bits per heavy atom. The van der Waals surface area contributed by atoms with Gasteiger partial charge in [0.15, 0.2) is 0 Å². The highest BCUT2D eigenvalue weighted by Crippen LogP contribution is 2.33. The lowest BCUT2D eigenvalue weighted by atomic mass is 9.99. The van der Waals surface area contributed by atoms with Gasteiger partial charge >= 0.3 is 0 Å². The summed E-state index contributed by atoms with van der Waals surface area (Å²) in [6.07, 6.45) is 0. The van der Waals surface area contributed by atoms with E-state index in [1.54, 1.807) is 12.1 Å². The molecule has 0 spiro atoms. The standard InChI is InChI=1S/C15H12FN/c1-9-6-7-11-13(8-9)15(17)12-5-3-2-4-10(12)14(11)16/h2-8H,17H2,1H3. The van der Waals surface area contributed by atoms with Crippen LogP contribution in [0.3, 0.4) is 0 Å². The molecule has 0 aliphatic rings. The minimum absolute atomic E-state index is 0.190. The topological polar surface area (TPSA) is 26.0 Å². The molecule has 2 heteroatoms. The molecule has 0 aliphatic heterocycles. The second kappa shape index (κ2) is 3.45. The van der Waals surface area contributed by atoms with Crippen molar-refractivity contribution in [1.29, 1.82) is 0 Å². The van der Waals surface area contributed by atoms with E-state index in [9.17, 15) is 4.39 Å². The van der Waals surface area contributed by atoms with Gasteiger partial charge in [-0.15, -0.1) is 0 Å². The minimum Gasteiger partial charge on any atom is -0.398 e. The Morgan fingerprint density at radius 1 is 0.882 bits per heavy atom. The number of anilines is 1. The van der Waals surface area contributed by atoms with Gasteiger partial charge in [-0.2, -0.15) is 0 Å². The molecule has 1 nitrogen and oxygen atoms in total. The Bertz CT molecular complexity index is 732. The first-order valence-electron chi connectivity index (χ1n) is 5.54. The maximum Gasteiger partial charge on any atom is 0.138 e. The molecule has 0 unspecified atom stereocenters. The fourth-order valence-corrected chi connectivity index (χ4v) is 2.27. The van der Waals surface area contributed by atoms with Gasteiger partial charge < -0.3 is 5.73 Å². The smallest absolute Gasteiger partial charge is 0.138 e. The number of hydrogen-bond acceptors (Lipinski definition) is 1. The van der Waals surface area contributed by atoms with E-state index in [0.29, 0.717) is 16.5 Å². The van der Waals surface area contributed by atoms with Gasteiger partial charge in [-0.05, 0) is 13.0 Å². The normalized spacial score (nSPS) is 11.2. The summed E-state index contributed by atoms with van der Waals surface area (Å²) >= 11 is 0. The van der Waals surface area contributed by atoms with Gasteiger partial charge in [-0.25, -0.2) is 4.39 Å². The molecule has 17 heavy (non-hydrogen) atoms. The lowest BCUT2D eigenvalue weighted by Gasteiger charge is -2.09. The van der Waals surface area contributed by atoms with Crippen molar-refractivity contribution in [1.82, 2.24) is 0 Å². The summed E-state index contributed by atoms with van der Waals surface area (Å²) in [6.45, 7) is 1.98. The van der Waals surface area contributed by atoms with E-state index in [-0.39, 0.29) is 5.82 Å². The van der Waals surface area contributed by atoms with E-state index in [2.05, 4.69) is 0 Å². The van der Waals surface area contributed by atoms with Crippen LogP contribution < -0.4 is 5.73 Å². The monoisotopic (exact) mass is 225 g/mol. The second-order valence-electron chi connectivity index (χ2n) is 4.32. The predicted octanol–water partition coefficient (Wildman–Crippen LogP) is 4.02. The Morgan fingerprint density at radius 2 is 1.53 bits per heavy atom. The highest BCUT2D eigenvalue weighted by molar-refractivity contribution is 6.10. The van der Waals surface area contributed by atoms with Gasteiger partial charge in [0.2, 0.25) is 0 Å². The molecule has 0 aliphatic carbocycles. The lowest BCUT2D eigenvalue weighted by molar-refractivity contribution is 0.651. The van der Waals surface area contributed by atoms with Crippen LogP contribution in [0.15, 0.2) is 42.5 Å². The summed E-state index contributed by atoms with van der Waals surface area (Å²) in [5, 5.41) is 2.75. The summed E-state index contributed by atoms with van der Waals surface area (Å²) in [5.41, 5.74) is 7.86. The number of rotatable bonds is 0. The molecule has 0 radical (unpaired) electrons. The number of fused-ring (bicyclic) bond motifs is 2. The molecular formula is C15H12FN. The molecule has 0 atom stereocenters. The highest BCUT2D eigenvalue weighted by atomic mass is 19.1. The van der Waals surface area contributed by atoms with Crippen molar-refractivity contribution < 1.29 is 4.39 Å². The first-order chi connectivity index (χ1) is 8.18. The van der Waals surface area contributed by atoms with E-state index < -0.39 is 0 Å². The molecule has 0 saturated heterocycles. The average Bonchev–Trinajstić information content (AvgIpc) is 2.36. The van der Waals surface area contributed by atoms with Gasteiger partial charge in [-0.3, -0.25) is 0 Å². The molecule has 84 valence electrons. The van der Waals surface area contributed by atoms with E-state index in [1.165, 1.54) is 0 Å². The highest BCUT2D eigenvalue weighted by Gasteiger charge is 2.11. The molecule has 0 amide bonds. The first-order valence-corrected chi connectivity index (χ1v) is 5.54. The number of nitrogen functional groups attached to an aromatic ring is 1. The molecule has 3 rings (SSSR count).